The van der Waals surface area contributed by atoms with Crippen LogP contribution in [0.4, 0.5) is 0 Å². The van der Waals surface area contributed by atoms with Gasteiger partial charge in [-0.3, -0.25) is 43.2 Å². The number of carboxylic acid groups (broad SMARTS) is 1. The smallest absolute Gasteiger partial charge is 0.326 e. The maximum Gasteiger partial charge on any atom is 0.326 e. The Morgan fingerprint density at radius 3 is 1.61 bits per heavy atom. The Morgan fingerprint density at radius 1 is 0.610 bits per heavy atom. The largest absolute Gasteiger partial charge is 0.480 e. The predicted molar refractivity (Wildman–Crippen MR) is 281 cm³/mol. The van der Waals surface area contributed by atoms with Crippen molar-refractivity contribution in [2.75, 3.05) is 26.2 Å². The highest BCUT2D eigenvalue weighted by atomic mass is 16.4. The maximum atomic E-state index is 14.5. The van der Waals surface area contributed by atoms with Gasteiger partial charge >= 0.3 is 5.97 Å². The van der Waals surface area contributed by atoms with E-state index in [0.717, 1.165) is 6.42 Å². The number of aliphatic carboxylic acids is 1. The topological polar surface area (TPSA) is 363 Å². The molecule has 3 aliphatic rings. The number of hydrogen-bond donors (Lipinski definition) is 12. The number of aromatic nitrogens is 2. The molecule has 0 saturated carbocycles. The Labute approximate surface area is 451 Å². The third kappa shape index (κ3) is 17.4. The van der Waals surface area contributed by atoms with Crippen molar-refractivity contribution in [3.63, 3.8) is 0 Å². The zero-order chi connectivity index (χ0) is 57.3. The van der Waals surface area contributed by atoms with E-state index in [1.807, 2.05) is 20.8 Å². The summed E-state index contributed by atoms with van der Waals surface area (Å²) in [5, 5.41) is 52.9. The molecule has 0 unspecified atom stereocenters. The van der Waals surface area contributed by atoms with Gasteiger partial charge in [0.2, 0.25) is 53.2 Å². The van der Waals surface area contributed by atoms with E-state index in [0.29, 0.717) is 50.8 Å². The first-order chi connectivity index (χ1) is 36.5. The molecule has 3 fully saturated rings. The van der Waals surface area contributed by atoms with Crippen LogP contribution < -0.4 is 42.5 Å². The molecule has 0 aromatic carbocycles. The molecule has 3 aliphatic heterocycles. The monoisotopic (exact) mass is 1090 g/mol. The molecule has 432 valence electrons. The van der Waals surface area contributed by atoms with E-state index < -0.39 is 150 Å². The first-order valence-corrected chi connectivity index (χ1v) is 27.4. The molecule has 0 aliphatic carbocycles. The van der Waals surface area contributed by atoms with Crippen LogP contribution in [-0.4, -0.2) is 187 Å². The van der Waals surface area contributed by atoms with E-state index in [1.165, 1.54) is 29.2 Å². The quantitative estimate of drug-likeness (QED) is 0.0445. The number of imidazole rings is 1. The Bertz CT molecular complexity index is 2190. The average molecular weight is 1090 g/mol. The van der Waals surface area contributed by atoms with E-state index in [2.05, 4.69) is 52.5 Å². The van der Waals surface area contributed by atoms with Gasteiger partial charge in [0.05, 0.1) is 25.1 Å². The van der Waals surface area contributed by atoms with Crippen molar-refractivity contribution >= 4 is 59.1 Å². The third-order valence-electron chi connectivity index (χ3n) is 15.2. The lowest BCUT2D eigenvalue weighted by atomic mass is 9.95. The summed E-state index contributed by atoms with van der Waals surface area (Å²) in [5.41, 5.74) is 0.525. The van der Waals surface area contributed by atoms with Crippen LogP contribution in [-0.2, 0) is 54.4 Å². The van der Waals surface area contributed by atoms with Crippen LogP contribution >= 0.6 is 0 Å². The lowest BCUT2D eigenvalue weighted by Gasteiger charge is -2.34. The zero-order valence-corrected chi connectivity index (χ0v) is 46.2. The van der Waals surface area contributed by atoms with Crippen molar-refractivity contribution in [2.24, 2.45) is 23.7 Å². The first-order valence-electron chi connectivity index (χ1n) is 27.4. The highest BCUT2D eigenvalue weighted by Crippen LogP contribution is 2.24. The minimum atomic E-state index is -1.57. The second-order valence-electron chi connectivity index (χ2n) is 21.5. The van der Waals surface area contributed by atoms with E-state index in [9.17, 15) is 63.3 Å². The van der Waals surface area contributed by atoms with Crippen LogP contribution in [0, 0.1) is 23.7 Å². The van der Waals surface area contributed by atoms with Crippen molar-refractivity contribution in [3.8, 4) is 0 Å². The van der Waals surface area contributed by atoms with Crippen molar-refractivity contribution in [1.82, 2.24) is 62.3 Å². The van der Waals surface area contributed by atoms with Gasteiger partial charge < -0.3 is 72.6 Å². The molecule has 0 radical (unpaired) electrons. The summed E-state index contributed by atoms with van der Waals surface area (Å²) in [4.78, 5) is 147. The van der Waals surface area contributed by atoms with Crippen LogP contribution in [0.15, 0.2) is 12.5 Å². The average Bonchev–Trinajstić information content (AvgIpc) is 4.27. The van der Waals surface area contributed by atoms with Crippen LogP contribution in [0.3, 0.4) is 0 Å². The van der Waals surface area contributed by atoms with Crippen LogP contribution in [0.5, 0.6) is 0 Å². The number of carbonyl (C=O) groups is 10. The maximum absolute atomic E-state index is 14.5. The molecule has 4 rings (SSSR count). The number of carboxylic acids is 1. The van der Waals surface area contributed by atoms with Gasteiger partial charge in [0, 0.05) is 31.4 Å². The number of nitrogens with one attached hydrogen (secondary N) is 9. The Hall–Kier alpha value is -6.21. The second-order valence-corrected chi connectivity index (χ2v) is 21.5. The van der Waals surface area contributed by atoms with Gasteiger partial charge in [-0.15, -0.1) is 0 Å². The lowest BCUT2D eigenvalue weighted by molar-refractivity contribution is -0.147. The fourth-order valence-corrected chi connectivity index (χ4v) is 9.86. The normalized spacial score (nSPS) is 21.7. The Balaban J connectivity index is 1.46. The van der Waals surface area contributed by atoms with E-state index in [4.69, 9.17) is 0 Å². The highest BCUT2D eigenvalue weighted by Gasteiger charge is 2.45. The molecule has 77 heavy (non-hydrogen) atoms. The van der Waals surface area contributed by atoms with Gasteiger partial charge in [-0.25, -0.2) is 9.78 Å². The minimum absolute atomic E-state index is 0.00668. The molecule has 1 aromatic heterocycles. The molecule has 3 saturated heterocycles. The van der Waals surface area contributed by atoms with Gasteiger partial charge in [0.1, 0.15) is 54.4 Å². The number of aliphatic hydroxyl groups is 2. The molecular weight excluding hydrogens is 1000 g/mol. The Kier molecular flexibility index (Phi) is 24.7. The number of aliphatic hydroxyl groups excluding tert-OH is 2. The number of nitrogens with zero attached hydrogens (tertiary/aromatic N) is 3. The SMILES string of the molecule is CC[C@H](C)[C@H](NC(=O)[C@H](CC(C)C)NC(=O)[C@@H](NC(=O)[C@@H]1CCCN1C(=O)[C@@H](NC(=O)[C@@H]1CCCN1C(=O)[C@@H](NC(=O)[C@H](CO)NC(=O)[C@H](Cc1cnc[nH]1)NC(=O)[C@@H]1CCCN1)[C@@H](C)CC)[C@@H](C)O)[C@@H](C)CC)C(=O)O. The summed E-state index contributed by atoms with van der Waals surface area (Å²) in [6.45, 7) is 15.5. The molecule has 0 bridgehead atoms. The molecule has 9 amide bonds. The van der Waals surface area contributed by atoms with Crippen molar-refractivity contribution < 1.29 is 63.3 Å². The molecule has 25 heteroatoms. The van der Waals surface area contributed by atoms with Crippen LogP contribution in [0.1, 0.15) is 132 Å². The number of H-pyrrole nitrogens is 1. The van der Waals surface area contributed by atoms with Gasteiger partial charge in [0.15, 0.2) is 0 Å². The summed E-state index contributed by atoms with van der Waals surface area (Å²) in [5.74, 6) is -8.95. The molecule has 1 aromatic rings. The molecule has 25 nitrogen and oxygen atoms in total. The summed E-state index contributed by atoms with van der Waals surface area (Å²) < 4.78 is 0. The minimum Gasteiger partial charge on any atom is -0.480 e. The second kappa shape index (κ2) is 30.1. The molecule has 0 spiro atoms. The summed E-state index contributed by atoms with van der Waals surface area (Å²) >= 11 is 0. The third-order valence-corrected chi connectivity index (χ3v) is 15.2. The van der Waals surface area contributed by atoms with Gasteiger partial charge in [-0.05, 0) is 82.1 Å². The molecular formula is C52H86N12O13. The number of rotatable bonds is 29. The fraction of sp³-hybridized carbons (Fsp3) is 0.750. The van der Waals surface area contributed by atoms with Gasteiger partial charge in [-0.1, -0.05) is 74.7 Å². The van der Waals surface area contributed by atoms with Crippen LogP contribution in [0.25, 0.3) is 0 Å². The van der Waals surface area contributed by atoms with Gasteiger partial charge in [0.25, 0.3) is 0 Å². The summed E-state index contributed by atoms with van der Waals surface area (Å²) in [6.07, 6.45) is 5.34. The molecule has 14 atom stereocenters. The number of hydrogen-bond acceptors (Lipinski definition) is 14. The van der Waals surface area contributed by atoms with Crippen molar-refractivity contribution in [1.29, 1.82) is 0 Å². The van der Waals surface area contributed by atoms with Crippen molar-refractivity contribution in [2.45, 2.75) is 199 Å². The van der Waals surface area contributed by atoms with E-state index >= 15 is 0 Å². The first kappa shape index (κ1) is 63.3. The van der Waals surface area contributed by atoms with E-state index in [1.54, 1.807) is 34.6 Å². The lowest BCUT2D eigenvalue weighted by Crippen LogP contribution is -2.62. The van der Waals surface area contributed by atoms with Gasteiger partial charge in [-0.2, -0.15) is 0 Å². The number of likely N-dealkylation sites (tertiary alicyclic amines) is 2. The standard InChI is InChI=1S/C52H86N12O13/c1-10-28(6)39(49(73)57-34(22-27(4)5)45(69)61-41(52(76)77)30(8)12-3)59-47(71)37-17-15-21-64(37)51(75)42(31(9)66)62-48(72)38-18-14-20-63(38)50(74)40(29(7)11-2)60-46(70)36(25-65)58-44(68)35(23-32-24-53-26-55-32)56-43(67)33-16-13-19-54-33/h24,26-31,33-42,54,65-66H,10-23,25H2,1-9H3,(H,53,55)(H,56,67)(H,57,73)(H,58,68)(H,59,71)(H,60,70)(H,61,69)(H,62,72)(H,76,77)/t28-,29-,30-,31+,33-,34-,35-,36-,37-,38-,39-,40-,41-,42-/m0/s1. The zero-order valence-electron chi connectivity index (χ0n) is 46.2. The molecule has 4 heterocycles. The van der Waals surface area contributed by atoms with E-state index in [-0.39, 0.29) is 44.7 Å². The summed E-state index contributed by atoms with van der Waals surface area (Å²) in [6, 6.07) is -11.8. The highest BCUT2D eigenvalue weighted by molar-refractivity contribution is 5.99. The number of aromatic amines is 1. The summed E-state index contributed by atoms with van der Waals surface area (Å²) in [7, 11) is 0. The number of carbonyl (C=O) groups excluding carboxylic acids is 9. The predicted octanol–water partition coefficient (Wildman–Crippen LogP) is -1.28. The Morgan fingerprint density at radius 2 is 1.12 bits per heavy atom. The molecule has 12 N–H and O–H groups in total. The number of amides is 9. The fourth-order valence-electron chi connectivity index (χ4n) is 9.86. The van der Waals surface area contributed by atoms with Crippen LogP contribution in [0.2, 0.25) is 0 Å². The van der Waals surface area contributed by atoms with Crippen molar-refractivity contribution in [3.05, 3.63) is 18.2 Å².